The second-order valence-corrected chi connectivity index (χ2v) is 12.8. The third-order valence-corrected chi connectivity index (χ3v) is 9.74. The molecule has 0 radical (unpaired) electrons. The average Bonchev–Trinajstić information content (AvgIpc) is 3.74. The molecule has 2 aliphatic heterocycles. The lowest BCUT2D eigenvalue weighted by atomic mass is 9.99. The fourth-order valence-electron chi connectivity index (χ4n) is 6.37. The van der Waals surface area contributed by atoms with E-state index in [9.17, 15) is 14.7 Å². The first kappa shape index (κ1) is 33.7. The number of aromatic nitrogens is 2. The Morgan fingerprint density at radius 2 is 1.81 bits per heavy atom. The van der Waals surface area contributed by atoms with Gasteiger partial charge in [-0.3, -0.25) is 19.5 Å². The van der Waals surface area contributed by atoms with Gasteiger partial charge in [-0.2, -0.15) is 0 Å². The van der Waals surface area contributed by atoms with E-state index in [0.717, 1.165) is 46.3 Å². The lowest BCUT2D eigenvalue weighted by molar-refractivity contribution is -0.141. The van der Waals surface area contributed by atoms with E-state index >= 15 is 0 Å². The molecule has 2 atom stereocenters. The molecule has 0 saturated carbocycles. The number of carboxylic acids is 1. The van der Waals surface area contributed by atoms with Gasteiger partial charge in [-0.05, 0) is 37.6 Å². The lowest BCUT2D eigenvalue weighted by Gasteiger charge is -2.18. The zero-order chi connectivity index (χ0) is 33.8. The van der Waals surface area contributed by atoms with Crippen LogP contribution in [-0.4, -0.2) is 71.7 Å². The topological polar surface area (TPSA) is 126 Å². The normalized spacial score (nSPS) is 17.8. The maximum Gasteiger partial charge on any atom is 0.307 e. The number of pyridine rings is 2. The van der Waals surface area contributed by atoms with Crippen molar-refractivity contribution >= 4 is 35.1 Å². The van der Waals surface area contributed by atoms with Crippen LogP contribution in [0.3, 0.4) is 0 Å². The van der Waals surface area contributed by atoms with Gasteiger partial charge in [-0.1, -0.05) is 59.6 Å². The Morgan fingerprint density at radius 3 is 2.54 bits per heavy atom. The maximum absolute atomic E-state index is 11.5. The zero-order valence-corrected chi connectivity index (χ0v) is 28.3. The number of hydrogen-bond donors (Lipinski definition) is 3. The summed E-state index contributed by atoms with van der Waals surface area (Å²) >= 11 is 14.1. The smallest absolute Gasteiger partial charge is 0.307 e. The first-order chi connectivity index (χ1) is 23.2. The fourth-order valence-corrected chi connectivity index (χ4v) is 7.02. The summed E-state index contributed by atoms with van der Waals surface area (Å²) in [5, 5.41) is 16.7. The van der Waals surface area contributed by atoms with Crippen molar-refractivity contribution in [2.45, 2.75) is 38.4 Å². The molecule has 4 aromatic rings. The summed E-state index contributed by atoms with van der Waals surface area (Å²) < 4.78 is 11.4. The number of likely N-dealkylation sites (tertiary alicyclic amines) is 1. The third-order valence-electron chi connectivity index (χ3n) is 8.95. The Hall–Kier alpha value is -4.22. The van der Waals surface area contributed by atoms with Crippen molar-refractivity contribution in [3.8, 4) is 45.3 Å². The summed E-state index contributed by atoms with van der Waals surface area (Å²) in [5.41, 5.74) is 6.07. The molecular weight excluding hydrogens is 653 g/mol. The molecule has 2 aromatic carbocycles. The number of aliphatic carboxylic acids is 1. The third kappa shape index (κ3) is 7.27. The highest BCUT2D eigenvalue weighted by Gasteiger charge is 2.28. The number of halogens is 2. The second-order valence-electron chi connectivity index (χ2n) is 12.1. The number of carbonyl (C=O) groups excluding carboxylic acids is 1. The number of hydrogen-bond acceptors (Lipinski definition) is 8. The number of nitrogens with zero attached hydrogens (tertiary/aromatic N) is 3. The largest absolute Gasteiger partial charge is 0.496 e. The van der Waals surface area contributed by atoms with Crippen LogP contribution in [0.1, 0.15) is 30.4 Å². The van der Waals surface area contributed by atoms with E-state index in [4.69, 9.17) is 37.7 Å². The average molecular weight is 691 g/mol. The predicted molar refractivity (Wildman–Crippen MR) is 185 cm³/mol. The van der Waals surface area contributed by atoms with Crippen LogP contribution in [0.2, 0.25) is 10.0 Å². The molecule has 0 bridgehead atoms. The molecule has 2 fully saturated rings. The molecule has 4 heterocycles. The number of benzene rings is 2. The summed E-state index contributed by atoms with van der Waals surface area (Å²) in [6, 6.07) is 17.4. The van der Waals surface area contributed by atoms with E-state index in [2.05, 4.69) is 20.5 Å². The van der Waals surface area contributed by atoms with Gasteiger partial charge >= 0.3 is 5.97 Å². The van der Waals surface area contributed by atoms with Crippen LogP contribution in [0.4, 0.5) is 0 Å². The standard InChI is InChI=1S/C36H37Cl2N5O5/c1-47-30-16-21(6-7-23(30)19-43-15-13-24(20-43)36(45)46)34-33(38)27(12-14-40-34)26-4-3-5-28(32(26)37)29-10-8-22(35(42-29)48-2)17-39-18-25-9-11-31(44)41-25/h3-8,10,12,14,16,24-25,39H,9,11,13,15,17-20H2,1-2H3,(H,41,44)(H,45,46)/t24-,25+/m0/s1. The Labute approximate surface area is 289 Å². The quantitative estimate of drug-likeness (QED) is 0.162. The van der Waals surface area contributed by atoms with E-state index in [1.54, 1.807) is 20.4 Å². The number of ether oxygens (including phenoxy) is 2. The molecule has 12 heteroatoms. The van der Waals surface area contributed by atoms with Crippen molar-refractivity contribution < 1.29 is 24.2 Å². The van der Waals surface area contributed by atoms with Gasteiger partial charge in [0.25, 0.3) is 0 Å². The number of carboxylic acid groups (broad SMARTS) is 1. The van der Waals surface area contributed by atoms with Gasteiger partial charge in [0.05, 0.1) is 41.6 Å². The molecule has 2 aliphatic rings. The van der Waals surface area contributed by atoms with Crippen molar-refractivity contribution in [1.82, 2.24) is 25.5 Å². The minimum absolute atomic E-state index is 0.0934. The number of nitrogens with one attached hydrogen (secondary N) is 2. The predicted octanol–water partition coefficient (Wildman–Crippen LogP) is 6.08. The van der Waals surface area contributed by atoms with Gasteiger partial charge in [-0.25, -0.2) is 4.98 Å². The lowest BCUT2D eigenvalue weighted by Crippen LogP contribution is -2.35. The van der Waals surface area contributed by atoms with Gasteiger partial charge < -0.3 is 25.2 Å². The Kier molecular flexibility index (Phi) is 10.5. The van der Waals surface area contributed by atoms with Gasteiger partial charge in [0.1, 0.15) is 5.75 Å². The van der Waals surface area contributed by atoms with Crippen LogP contribution >= 0.6 is 23.2 Å². The summed E-state index contributed by atoms with van der Waals surface area (Å²) in [7, 11) is 3.21. The minimum Gasteiger partial charge on any atom is -0.496 e. The molecule has 0 spiro atoms. The van der Waals surface area contributed by atoms with Crippen molar-refractivity contribution in [2.24, 2.45) is 5.92 Å². The molecule has 2 aromatic heterocycles. The molecule has 6 rings (SSSR count). The summed E-state index contributed by atoms with van der Waals surface area (Å²) in [6.45, 7) is 3.04. The van der Waals surface area contributed by atoms with E-state index in [0.29, 0.717) is 72.1 Å². The minimum atomic E-state index is -0.753. The van der Waals surface area contributed by atoms with Crippen LogP contribution in [0.5, 0.6) is 11.6 Å². The van der Waals surface area contributed by atoms with E-state index in [1.165, 1.54) is 0 Å². The van der Waals surface area contributed by atoms with Crippen molar-refractivity contribution in [3.63, 3.8) is 0 Å². The Balaban J connectivity index is 1.23. The molecular formula is C36H37Cl2N5O5. The first-order valence-electron chi connectivity index (χ1n) is 15.9. The summed E-state index contributed by atoms with van der Waals surface area (Å²) in [5.74, 6) is 0.167. The monoisotopic (exact) mass is 689 g/mol. The molecule has 2 saturated heterocycles. The molecule has 0 unspecified atom stereocenters. The van der Waals surface area contributed by atoms with Crippen LogP contribution in [0.15, 0.2) is 60.8 Å². The molecule has 1 amide bonds. The summed E-state index contributed by atoms with van der Waals surface area (Å²) in [6.07, 6.45) is 3.74. The Morgan fingerprint density at radius 1 is 1.02 bits per heavy atom. The summed E-state index contributed by atoms with van der Waals surface area (Å²) in [4.78, 5) is 34.4. The van der Waals surface area contributed by atoms with E-state index < -0.39 is 5.97 Å². The highest BCUT2D eigenvalue weighted by Crippen LogP contribution is 2.42. The van der Waals surface area contributed by atoms with Gasteiger partial charge in [0.2, 0.25) is 11.8 Å². The van der Waals surface area contributed by atoms with Gasteiger partial charge in [-0.15, -0.1) is 0 Å². The molecule has 10 nitrogen and oxygen atoms in total. The SMILES string of the molecule is COc1cc(-c2nccc(-c3cccc(-c4ccc(CNC[C@H]5CCC(=O)N5)c(OC)n4)c3Cl)c2Cl)ccc1CN1CC[C@H](C(=O)O)C1. The number of methoxy groups -OCH3 is 2. The van der Waals surface area contributed by atoms with E-state index in [1.807, 2.05) is 54.6 Å². The molecule has 0 aliphatic carbocycles. The fraction of sp³-hybridized carbons (Fsp3) is 0.333. The second kappa shape index (κ2) is 14.9. The number of amides is 1. The Bertz CT molecular complexity index is 1840. The molecule has 250 valence electrons. The van der Waals surface area contributed by atoms with Crippen molar-refractivity contribution in [1.29, 1.82) is 0 Å². The van der Waals surface area contributed by atoms with Crippen molar-refractivity contribution in [2.75, 3.05) is 33.9 Å². The molecule has 48 heavy (non-hydrogen) atoms. The maximum atomic E-state index is 11.5. The highest BCUT2D eigenvalue weighted by atomic mass is 35.5. The number of rotatable bonds is 12. The van der Waals surface area contributed by atoms with Gasteiger partial charge in [0.15, 0.2) is 0 Å². The highest BCUT2D eigenvalue weighted by molar-refractivity contribution is 6.39. The van der Waals surface area contributed by atoms with Crippen molar-refractivity contribution in [3.05, 3.63) is 82.0 Å². The molecule has 3 N–H and O–H groups in total. The van der Waals surface area contributed by atoms with Crippen LogP contribution < -0.4 is 20.1 Å². The zero-order valence-electron chi connectivity index (χ0n) is 26.8. The van der Waals surface area contributed by atoms with Crippen LogP contribution in [0.25, 0.3) is 33.6 Å². The van der Waals surface area contributed by atoms with E-state index in [-0.39, 0.29) is 17.9 Å². The first-order valence-corrected chi connectivity index (χ1v) is 16.6. The number of carbonyl (C=O) groups is 2. The van der Waals surface area contributed by atoms with Crippen LogP contribution in [0, 0.1) is 5.92 Å². The van der Waals surface area contributed by atoms with Gasteiger partial charge in [0, 0.05) is 78.2 Å². The van der Waals surface area contributed by atoms with Crippen LogP contribution in [-0.2, 0) is 22.7 Å².